The number of hydrogen-bond acceptors (Lipinski definition) is 1. The van der Waals surface area contributed by atoms with E-state index < -0.39 is 0 Å². The molecule has 1 radical (unpaired) electrons. The van der Waals surface area contributed by atoms with E-state index in [9.17, 15) is 0 Å². The van der Waals surface area contributed by atoms with Gasteiger partial charge in [0.15, 0.2) is 0 Å². The maximum atomic E-state index is 5.87. The molecule has 1 saturated carbocycles. The normalized spacial score (nSPS) is 15.9. The van der Waals surface area contributed by atoms with Gasteiger partial charge < -0.3 is 4.74 Å². The van der Waals surface area contributed by atoms with Crippen molar-refractivity contribution in [2.24, 2.45) is 0 Å². The molecule has 0 N–H and O–H groups in total. The molecule has 0 saturated heterocycles. The Bertz CT molecular complexity index is 375. The van der Waals surface area contributed by atoms with Gasteiger partial charge in [-0.15, -0.1) is 0 Å². The second kappa shape index (κ2) is 10.7. The van der Waals surface area contributed by atoms with E-state index >= 15 is 0 Å². The highest BCUT2D eigenvalue weighted by Crippen LogP contribution is 2.32. The van der Waals surface area contributed by atoms with E-state index in [1.54, 1.807) is 0 Å². The summed E-state index contributed by atoms with van der Waals surface area (Å²) in [6, 6.07) is 8.87. The molecule has 0 unspecified atom stereocenters. The van der Waals surface area contributed by atoms with Crippen LogP contribution in [0.4, 0.5) is 0 Å². The molecule has 0 atom stereocenters. The highest BCUT2D eigenvalue weighted by molar-refractivity contribution is 5.29. The Morgan fingerprint density at radius 3 is 2.18 bits per heavy atom. The molecule has 0 spiro atoms. The smallest absolute Gasteiger partial charge is 0.119 e. The zero-order chi connectivity index (χ0) is 15.5. The molecule has 22 heavy (non-hydrogen) atoms. The third kappa shape index (κ3) is 6.42. The molecular weight excluding hydrogens is 268 g/mol. The first-order valence-corrected chi connectivity index (χ1v) is 9.44. The third-order valence-corrected chi connectivity index (χ3v) is 4.81. The van der Waals surface area contributed by atoms with E-state index in [-0.39, 0.29) is 0 Å². The van der Waals surface area contributed by atoms with Crippen LogP contribution in [0.3, 0.4) is 0 Å². The zero-order valence-electron chi connectivity index (χ0n) is 14.4. The largest absolute Gasteiger partial charge is 0.494 e. The molecule has 123 valence electrons. The maximum absolute atomic E-state index is 5.87. The molecule has 1 aliphatic rings. The summed E-state index contributed by atoms with van der Waals surface area (Å²) in [5.41, 5.74) is 1.50. The number of hydrogen-bond donors (Lipinski definition) is 0. The summed E-state index contributed by atoms with van der Waals surface area (Å²) >= 11 is 0. The molecule has 0 bridgehead atoms. The van der Waals surface area contributed by atoms with Crippen LogP contribution in [0.25, 0.3) is 0 Å². The number of benzene rings is 1. The SMILES string of the molecule is CCCCCCCCCOc1ccc(C2CC[CH]CC2)cc1. The lowest BCUT2D eigenvalue weighted by molar-refractivity contribution is 0.304. The summed E-state index contributed by atoms with van der Waals surface area (Å²) in [5, 5.41) is 0. The van der Waals surface area contributed by atoms with Crippen LogP contribution in [0.5, 0.6) is 5.75 Å². The van der Waals surface area contributed by atoms with Crippen molar-refractivity contribution in [1.29, 1.82) is 0 Å². The Kier molecular flexibility index (Phi) is 8.45. The molecule has 2 rings (SSSR count). The van der Waals surface area contributed by atoms with E-state index in [1.807, 2.05) is 0 Å². The van der Waals surface area contributed by atoms with Crippen molar-refractivity contribution in [3.8, 4) is 5.75 Å². The quantitative estimate of drug-likeness (QED) is 0.438. The fourth-order valence-corrected chi connectivity index (χ4v) is 3.35. The van der Waals surface area contributed by atoms with Gasteiger partial charge in [-0.25, -0.2) is 0 Å². The molecule has 1 nitrogen and oxygen atoms in total. The van der Waals surface area contributed by atoms with Crippen molar-refractivity contribution >= 4 is 0 Å². The minimum absolute atomic E-state index is 0.766. The highest BCUT2D eigenvalue weighted by atomic mass is 16.5. The Balaban J connectivity index is 1.58. The van der Waals surface area contributed by atoms with Gasteiger partial charge in [0.2, 0.25) is 0 Å². The number of rotatable bonds is 10. The van der Waals surface area contributed by atoms with Crippen LogP contribution < -0.4 is 4.74 Å². The van der Waals surface area contributed by atoms with Gasteiger partial charge >= 0.3 is 0 Å². The van der Waals surface area contributed by atoms with Crippen LogP contribution in [0.15, 0.2) is 24.3 Å². The number of ether oxygens (including phenoxy) is 1. The summed E-state index contributed by atoms with van der Waals surface area (Å²) in [6.45, 7) is 3.14. The van der Waals surface area contributed by atoms with Crippen LogP contribution in [-0.2, 0) is 0 Å². The summed E-state index contributed by atoms with van der Waals surface area (Å²) < 4.78 is 5.87. The van der Waals surface area contributed by atoms with E-state index in [2.05, 4.69) is 37.6 Å². The third-order valence-electron chi connectivity index (χ3n) is 4.81. The van der Waals surface area contributed by atoms with Gasteiger partial charge in [0.1, 0.15) is 5.75 Å². The predicted octanol–water partition coefficient (Wildman–Crippen LogP) is 6.68. The first kappa shape index (κ1) is 17.4. The number of unbranched alkanes of at least 4 members (excludes halogenated alkanes) is 6. The highest BCUT2D eigenvalue weighted by Gasteiger charge is 2.15. The molecule has 1 heteroatoms. The van der Waals surface area contributed by atoms with Crippen molar-refractivity contribution in [1.82, 2.24) is 0 Å². The molecule has 0 aromatic heterocycles. The maximum Gasteiger partial charge on any atom is 0.119 e. The first-order valence-electron chi connectivity index (χ1n) is 9.44. The van der Waals surface area contributed by atoms with Gasteiger partial charge in [0.05, 0.1) is 6.61 Å². The average Bonchev–Trinajstić information content (AvgIpc) is 2.59. The minimum Gasteiger partial charge on any atom is -0.494 e. The molecule has 0 amide bonds. The first-order chi connectivity index (χ1) is 10.9. The predicted molar refractivity (Wildman–Crippen MR) is 95.4 cm³/mol. The molecular formula is C21H33O. The Labute approximate surface area is 137 Å². The van der Waals surface area contributed by atoms with Crippen molar-refractivity contribution in [3.63, 3.8) is 0 Å². The van der Waals surface area contributed by atoms with Crippen molar-refractivity contribution in [2.75, 3.05) is 6.61 Å². The van der Waals surface area contributed by atoms with Crippen LogP contribution >= 0.6 is 0 Å². The fraction of sp³-hybridized carbons (Fsp3) is 0.667. The molecule has 1 aliphatic carbocycles. The monoisotopic (exact) mass is 301 g/mol. The van der Waals surface area contributed by atoms with Crippen LogP contribution in [0, 0.1) is 6.42 Å². The summed E-state index contributed by atoms with van der Waals surface area (Å²) in [7, 11) is 0. The van der Waals surface area contributed by atoms with E-state index in [1.165, 1.54) is 76.2 Å². The van der Waals surface area contributed by atoms with Crippen LogP contribution in [0.1, 0.15) is 89.0 Å². The lowest BCUT2D eigenvalue weighted by atomic mass is 9.84. The molecule has 0 heterocycles. The van der Waals surface area contributed by atoms with Gasteiger partial charge in [-0.05, 0) is 62.1 Å². The van der Waals surface area contributed by atoms with Gasteiger partial charge in [-0.3, -0.25) is 0 Å². The standard InChI is InChI=1S/C21H33O/c1-2-3-4-5-6-7-11-18-22-21-16-14-20(15-17-21)19-12-9-8-10-13-19/h8,14-17,19H,2-7,9-13,18H2,1H3. The second-order valence-electron chi connectivity index (χ2n) is 6.68. The fourth-order valence-electron chi connectivity index (χ4n) is 3.35. The molecule has 1 aromatic carbocycles. The van der Waals surface area contributed by atoms with Crippen molar-refractivity contribution in [3.05, 3.63) is 36.2 Å². The van der Waals surface area contributed by atoms with Gasteiger partial charge in [0.25, 0.3) is 0 Å². The van der Waals surface area contributed by atoms with Crippen molar-refractivity contribution in [2.45, 2.75) is 83.5 Å². The van der Waals surface area contributed by atoms with Crippen LogP contribution in [-0.4, -0.2) is 6.61 Å². The summed E-state index contributed by atoms with van der Waals surface area (Å²) in [5.74, 6) is 1.80. The van der Waals surface area contributed by atoms with Crippen molar-refractivity contribution < 1.29 is 4.74 Å². The summed E-state index contributed by atoms with van der Waals surface area (Å²) in [4.78, 5) is 0. The van der Waals surface area contributed by atoms with Gasteiger partial charge in [-0.2, -0.15) is 0 Å². The lowest BCUT2D eigenvalue weighted by Crippen LogP contribution is -2.05. The van der Waals surface area contributed by atoms with E-state index in [0.29, 0.717) is 0 Å². The topological polar surface area (TPSA) is 9.23 Å². The van der Waals surface area contributed by atoms with Gasteiger partial charge in [-0.1, -0.05) is 57.6 Å². The Morgan fingerprint density at radius 2 is 1.50 bits per heavy atom. The Morgan fingerprint density at radius 1 is 0.864 bits per heavy atom. The average molecular weight is 301 g/mol. The second-order valence-corrected chi connectivity index (χ2v) is 6.68. The molecule has 1 aromatic rings. The van der Waals surface area contributed by atoms with E-state index in [4.69, 9.17) is 4.74 Å². The summed E-state index contributed by atoms with van der Waals surface area (Å²) in [6.07, 6.45) is 17.0. The molecule has 1 fully saturated rings. The zero-order valence-corrected chi connectivity index (χ0v) is 14.4. The lowest BCUT2D eigenvalue weighted by Gasteiger charge is -2.21. The molecule has 0 aliphatic heterocycles. The van der Waals surface area contributed by atoms with Crippen LogP contribution in [0.2, 0.25) is 0 Å². The van der Waals surface area contributed by atoms with Gasteiger partial charge in [0, 0.05) is 0 Å². The minimum atomic E-state index is 0.766. The van der Waals surface area contributed by atoms with E-state index in [0.717, 1.165) is 18.3 Å². The Hall–Kier alpha value is -0.980.